The summed E-state index contributed by atoms with van der Waals surface area (Å²) in [5, 5.41) is 7.77. The van der Waals surface area contributed by atoms with Gasteiger partial charge in [-0.15, -0.1) is 0 Å². The Morgan fingerprint density at radius 3 is 1.60 bits per heavy atom. The Kier molecular flexibility index (Phi) is 8.03. The normalized spacial score (nSPS) is 13.5. The highest BCUT2D eigenvalue weighted by molar-refractivity contribution is 7.20. The molecule has 0 atom stereocenters. The third-order valence-corrected chi connectivity index (χ3v) is 22.6. The van der Waals surface area contributed by atoms with Gasteiger partial charge in [-0.1, -0.05) is 159 Å². The molecule has 0 radical (unpaired) electrons. The lowest BCUT2D eigenvalue weighted by atomic mass is 10.2. The van der Waals surface area contributed by atoms with Gasteiger partial charge in [0.05, 0.1) is 49.8 Å². The molecule has 318 valence electrons. The lowest BCUT2D eigenvalue weighted by Crippen LogP contribution is -2.75. The molecule has 9 heteroatoms. The van der Waals surface area contributed by atoms with Crippen LogP contribution in [0.5, 0.6) is 11.5 Å². The van der Waals surface area contributed by atoms with Crippen molar-refractivity contribution in [3.63, 3.8) is 0 Å². The Hall–Kier alpha value is -8.25. The van der Waals surface area contributed by atoms with Crippen LogP contribution in [0, 0.1) is 0 Å². The van der Waals surface area contributed by atoms with Crippen molar-refractivity contribution in [1.29, 1.82) is 0 Å². The van der Waals surface area contributed by atoms with Crippen LogP contribution in [0.25, 0.3) is 67.1 Å². The molecule has 0 N–H and O–H groups in total. The third kappa shape index (κ3) is 5.26. The summed E-state index contributed by atoms with van der Waals surface area (Å²) in [5.74, 6) is 3.72. The number of hydrogen-bond acceptors (Lipinski definition) is 3. The summed E-state index contributed by atoms with van der Waals surface area (Å²) < 4.78 is 16.5. The van der Waals surface area contributed by atoms with Gasteiger partial charge in [0.1, 0.15) is 19.6 Å². The molecule has 13 aromatic rings. The minimum atomic E-state index is -3.14. The molecule has 1 aliphatic heterocycles. The smallest absolute Gasteiger partial charge is 0.220 e. The molecule has 0 aliphatic carbocycles. The molecule has 1 aliphatic rings. The maximum absolute atomic E-state index is 7.22. The van der Waals surface area contributed by atoms with Gasteiger partial charge in [-0.3, -0.25) is 17.9 Å². The van der Waals surface area contributed by atoms with E-state index in [0.29, 0.717) is 0 Å². The van der Waals surface area contributed by atoms with Gasteiger partial charge in [0.15, 0.2) is 8.07 Å². The van der Waals surface area contributed by atoms with Crippen LogP contribution in [0.1, 0.15) is 0 Å². The summed E-state index contributed by atoms with van der Waals surface area (Å²) >= 11 is 0. The highest BCUT2D eigenvalue weighted by atomic mass is 28.3. The molecule has 9 aromatic carbocycles. The number of fused-ring (bicyclic) bond motifs is 12. The van der Waals surface area contributed by atoms with Crippen molar-refractivity contribution in [3.05, 3.63) is 218 Å². The fourth-order valence-corrected chi connectivity index (χ4v) is 19.2. The predicted octanol–water partition coefficient (Wildman–Crippen LogP) is 9.48. The number of hydrogen-bond donors (Lipinski definition) is 0. The fourth-order valence-electron chi connectivity index (χ4n) is 11.4. The quantitative estimate of drug-likeness (QED) is 0.124. The van der Waals surface area contributed by atoms with E-state index in [1.54, 1.807) is 0 Å². The number of ether oxygens (including phenoxy) is 1. The number of imidazole rings is 4. The zero-order valence-electron chi connectivity index (χ0n) is 36.9. The first-order valence-corrected chi connectivity index (χ1v) is 27.9. The van der Waals surface area contributed by atoms with Crippen LogP contribution in [-0.4, -0.2) is 44.1 Å². The van der Waals surface area contributed by atoms with E-state index >= 15 is 0 Å². The van der Waals surface area contributed by atoms with E-state index in [0.717, 1.165) is 78.6 Å². The maximum Gasteiger partial charge on any atom is 0.220 e. The average molecular weight is 895 g/mol. The molecule has 4 aromatic heterocycles. The van der Waals surface area contributed by atoms with E-state index in [1.165, 1.54) is 31.1 Å². The molecule has 0 bridgehead atoms. The van der Waals surface area contributed by atoms with E-state index in [4.69, 9.17) is 14.7 Å². The maximum atomic E-state index is 7.22. The van der Waals surface area contributed by atoms with Gasteiger partial charge in [-0.2, -0.15) is 0 Å². The average Bonchev–Trinajstić information content (AvgIpc) is 4.12. The highest BCUT2D eigenvalue weighted by Crippen LogP contribution is 2.35. The van der Waals surface area contributed by atoms with Crippen molar-refractivity contribution < 1.29 is 4.74 Å². The van der Waals surface area contributed by atoms with E-state index < -0.39 is 16.1 Å². The van der Waals surface area contributed by atoms with E-state index in [1.807, 2.05) is 0 Å². The van der Waals surface area contributed by atoms with Gasteiger partial charge >= 0.3 is 0 Å². The van der Waals surface area contributed by atoms with E-state index in [9.17, 15) is 0 Å². The first-order valence-electron chi connectivity index (χ1n) is 22.9. The van der Waals surface area contributed by atoms with Crippen LogP contribution >= 0.6 is 0 Å². The standard InChI is InChI=1S/C58H42N6OSi2/c1-66(2)53-32-16-15-31-52(53)65-56-54(66)33-18-34-55(56)67(41-20-5-3-6-21-41,42-22-7-4-8-23-42)43-24-17-19-39(37-43)61-50-36-35-40(38-51(50)64-47-28-12-10-26-45(47)60-58(61)64)62-48-29-13-14-30-49(48)63-46-27-11-9-25-44(46)59-57(62)63/h3-38H,1-2H3. The largest absolute Gasteiger partial charge is 0.458 e. The predicted molar refractivity (Wildman–Crippen MR) is 280 cm³/mol. The molecule has 0 saturated carbocycles. The van der Waals surface area contributed by atoms with Gasteiger partial charge in [0, 0.05) is 5.69 Å². The van der Waals surface area contributed by atoms with E-state index in [2.05, 4.69) is 249 Å². The molecule has 0 saturated heterocycles. The zero-order valence-corrected chi connectivity index (χ0v) is 38.9. The van der Waals surface area contributed by atoms with Gasteiger partial charge in [-0.05, 0) is 104 Å². The second-order valence-corrected chi connectivity index (χ2v) is 26.3. The topological polar surface area (TPSA) is 53.7 Å². The second kappa shape index (κ2) is 14.1. The summed E-state index contributed by atoms with van der Waals surface area (Å²) in [7, 11) is -5.31. The summed E-state index contributed by atoms with van der Waals surface area (Å²) in [6.07, 6.45) is 0. The SMILES string of the molecule is C[Si]1(C)c2ccccc2Oc2c1cccc2[Si](c1ccccc1)(c1ccccc1)c1cccc(-n2c3ccc(-n4c5ccccc5n5c6ccccc6nc45)cc3n3c4ccccc4nc23)c1. The third-order valence-electron chi connectivity index (χ3n) is 14.4. The Morgan fingerprint density at radius 1 is 0.403 bits per heavy atom. The Bertz CT molecular complexity index is 4090. The van der Waals surface area contributed by atoms with Crippen molar-refractivity contribution >= 4 is 103 Å². The summed E-state index contributed by atoms with van der Waals surface area (Å²) in [6.45, 7) is 4.93. The van der Waals surface area contributed by atoms with Gasteiger partial charge < -0.3 is 4.74 Å². The van der Waals surface area contributed by atoms with Gasteiger partial charge in [0.25, 0.3) is 0 Å². The minimum absolute atomic E-state index is 0.857. The monoisotopic (exact) mass is 894 g/mol. The van der Waals surface area contributed by atoms with Gasteiger partial charge in [0.2, 0.25) is 11.6 Å². The minimum Gasteiger partial charge on any atom is -0.458 e. The molecule has 14 rings (SSSR count). The van der Waals surface area contributed by atoms with Crippen LogP contribution in [-0.2, 0) is 0 Å². The van der Waals surface area contributed by atoms with Crippen molar-refractivity contribution in [1.82, 2.24) is 27.9 Å². The molecule has 5 heterocycles. The molecule has 67 heavy (non-hydrogen) atoms. The van der Waals surface area contributed by atoms with Crippen LogP contribution in [0.3, 0.4) is 0 Å². The number of rotatable bonds is 6. The van der Waals surface area contributed by atoms with Crippen molar-refractivity contribution in [2.45, 2.75) is 13.1 Å². The Morgan fingerprint density at radius 2 is 0.910 bits per heavy atom. The summed E-state index contributed by atoms with van der Waals surface area (Å²) in [4.78, 5) is 10.6. The second-order valence-electron chi connectivity index (χ2n) is 18.2. The van der Waals surface area contributed by atoms with Gasteiger partial charge in [-0.25, -0.2) is 9.97 Å². The molecular formula is C58H42N6OSi2. The Labute approximate surface area is 388 Å². The first kappa shape index (κ1) is 38.1. The molecule has 0 amide bonds. The zero-order chi connectivity index (χ0) is 44.4. The Balaban J connectivity index is 1.05. The van der Waals surface area contributed by atoms with Crippen LogP contribution in [0.2, 0.25) is 13.1 Å². The van der Waals surface area contributed by atoms with Crippen molar-refractivity contribution in [2.24, 2.45) is 0 Å². The number of benzene rings is 9. The highest BCUT2D eigenvalue weighted by Gasteiger charge is 2.47. The lowest BCUT2D eigenvalue weighted by molar-refractivity contribution is 0.490. The lowest BCUT2D eigenvalue weighted by Gasteiger charge is -2.40. The molecule has 0 fully saturated rings. The van der Waals surface area contributed by atoms with Crippen LogP contribution in [0.15, 0.2) is 218 Å². The number of aromatic nitrogens is 6. The van der Waals surface area contributed by atoms with E-state index in [-0.39, 0.29) is 0 Å². The number of para-hydroxylation sites is 8. The van der Waals surface area contributed by atoms with Crippen LogP contribution < -0.4 is 35.9 Å². The summed E-state index contributed by atoms with van der Waals surface area (Å²) in [6, 6.07) is 79.5. The fraction of sp³-hybridized carbons (Fsp3) is 0.0345. The van der Waals surface area contributed by atoms with Crippen molar-refractivity contribution in [2.75, 3.05) is 0 Å². The summed E-state index contributed by atoms with van der Waals surface area (Å²) in [5.41, 5.74) is 10.5. The first-order chi connectivity index (χ1) is 33.0. The molecule has 0 unspecified atom stereocenters. The van der Waals surface area contributed by atoms with Crippen molar-refractivity contribution in [3.8, 4) is 22.9 Å². The number of nitrogens with zero attached hydrogens (tertiary/aromatic N) is 6. The van der Waals surface area contributed by atoms with Crippen LogP contribution in [0.4, 0.5) is 0 Å². The molecule has 7 nitrogen and oxygen atoms in total. The molecular weight excluding hydrogens is 853 g/mol. The molecule has 0 spiro atoms.